The van der Waals surface area contributed by atoms with Crippen molar-refractivity contribution in [2.75, 3.05) is 13.3 Å². The molecule has 0 aromatic carbocycles. The number of aromatic nitrogens is 2. The summed E-state index contributed by atoms with van der Waals surface area (Å²) in [6, 6.07) is 0. The number of ether oxygens (including phenoxy) is 1. The molecule has 6 nitrogen and oxygen atoms in total. The van der Waals surface area contributed by atoms with E-state index >= 15 is 0 Å². The van der Waals surface area contributed by atoms with E-state index in [0.717, 1.165) is 0 Å². The van der Waals surface area contributed by atoms with E-state index in [1.807, 2.05) is 34.6 Å². The van der Waals surface area contributed by atoms with Crippen LogP contribution >= 0.6 is 0 Å². The second-order valence-corrected chi connectivity index (χ2v) is 8.74. The number of hydrogen-bond donors (Lipinski definition) is 0. The minimum atomic E-state index is -3.61. The largest absolute Gasteiger partial charge is 0.363 e. The lowest BCUT2D eigenvalue weighted by molar-refractivity contribution is 0.171. The van der Waals surface area contributed by atoms with Crippen LogP contribution in [0.5, 0.6) is 0 Å². The molecule has 1 aromatic rings. The molecule has 0 radical (unpaired) electrons. The van der Waals surface area contributed by atoms with Gasteiger partial charge in [0.05, 0.1) is 17.8 Å². The summed E-state index contributed by atoms with van der Waals surface area (Å²) in [7, 11) is -1.88. The normalized spacial score (nSPS) is 20.5. The van der Waals surface area contributed by atoms with Gasteiger partial charge in [0.2, 0.25) is 10.0 Å². The van der Waals surface area contributed by atoms with E-state index < -0.39 is 15.6 Å². The maximum absolute atomic E-state index is 12.9. The van der Waals surface area contributed by atoms with Gasteiger partial charge in [-0.3, -0.25) is 4.68 Å². The van der Waals surface area contributed by atoms with Crippen molar-refractivity contribution in [3.05, 3.63) is 11.9 Å². The summed E-state index contributed by atoms with van der Waals surface area (Å²) >= 11 is 0. The third-order valence-electron chi connectivity index (χ3n) is 3.41. The third-order valence-corrected chi connectivity index (χ3v) is 5.45. The zero-order valence-corrected chi connectivity index (χ0v) is 13.8. The van der Waals surface area contributed by atoms with E-state index in [-0.39, 0.29) is 17.0 Å². The standard InChI is InChI=1S/C13H23N3O3S/c1-12(2,3)11-10(7-15(6)14-11)20(17,18)16-9-19-8-13(16,4)5/h7H,8-9H2,1-6H3. The molecule has 1 aliphatic rings. The first kappa shape index (κ1) is 15.5. The van der Waals surface area contributed by atoms with Crippen LogP contribution in [0.3, 0.4) is 0 Å². The Hall–Kier alpha value is -0.920. The quantitative estimate of drug-likeness (QED) is 0.830. The summed E-state index contributed by atoms with van der Waals surface area (Å²) in [6.45, 7) is 10.1. The van der Waals surface area contributed by atoms with Gasteiger partial charge >= 0.3 is 0 Å². The van der Waals surface area contributed by atoms with E-state index in [0.29, 0.717) is 12.3 Å². The molecule has 1 aromatic heterocycles. The fourth-order valence-electron chi connectivity index (χ4n) is 2.31. The highest BCUT2D eigenvalue weighted by atomic mass is 32.2. The summed E-state index contributed by atoms with van der Waals surface area (Å²) in [5, 5.41) is 4.34. The number of aryl methyl sites for hydroxylation is 1. The van der Waals surface area contributed by atoms with Gasteiger partial charge < -0.3 is 4.74 Å². The van der Waals surface area contributed by atoms with Gasteiger partial charge in [-0.05, 0) is 13.8 Å². The van der Waals surface area contributed by atoms with Crippen molar-refractivity contribution in [3.63, 3.8) is 0 Å². The highest BCUT2D eigenvalue weighted by Crippen LogP contribution is 2.34. The lowest BCUT2D eigenvalue weighted by Gasteiger charge is -2.29. The molecule has 0 saturated carbocycles. The molecule has 0 unspecified atom stereocenters. The molecular weight excluding hydrogens is 278 g/mol. The van der Waals surface area contributed by atoms with Gasteiger partial charge in [-0.15, -0.1) is 0 Å². The van der Waals surface area contributed by atoms with Gasteiger partial charge in [-0.1, -0.05) is 20.8 Å². The molecule has 2 heterocycles. The van der Waals surface area contributed by atoms with Crippen molar-refractivity contribution in [2.24, 2.45) is 7.05 Å². The average Bonchev–Trinajstić information content (AvgIpc) is 2.80. The molecule has 0 aliphatic carbocycles. The highest BCUT2D eigenvalue weighted by molar-refractivity contribution is 7.89. The molecule has 20 heavy (non-hydrogen) atoms. The molecule has 0 atom stereocenters. The SMILES string of the molecule is Cn1cc(S(=O)(=O)N2COCC2(C)C)c(C(C)(C)C)n1. The Morgan fingerprint density at radius 3 is 2.40 bits per heavy atom. The first-order chi connectivity index (χ1) is 8.96. The second kappa shape index (κ2) is 4.54. The summed E-state index contributed by atoms with van der Waals surface area (Å²) in [5.74, 6) is 0. The molecule has 2 rings (SSSR count). The Balaban J connectivity index is 2.56. The monoisotopic (exact) mass is 301 g/mol. The van der Waals surface area contributed by atoms with Gasteiger partial charge in [0.1, 0.15) is 11.6 Å². The minimum Gasteiger partial charge on any atom is -0.363 e. The number of nitrogens with zero attached hydrogens (tertiary/aromatic N) is 3. The smallest absolute Gasteiger partial charge is 0.249 e. The summed E-state index contributed by atoms with van der Waals surface area (Å²) in [4.78, 5) is 0.270. The van der Waals surface area contributed by atoms with Crippen molar-refractivity contribution in [2.45, 2.75) is 50.5 Å². The Bertz CT molecular complexity index is 611. The fraction of sp³-hybridized carbons (Fsp3) is 0.769. The summed E-state index contributed by atoms with van der Waals surface area (Å²) in [5.41, 5.74) is -0.291. The topological polar surface area (TPSA) is 64.4 Å². The van der Waals surface area contributed by atoms with Crippen LogP contribution in [-0.4, -0.2) is 41.4 Å². The lowest BCUT2D eigenvalue weighted by atomic mass is 9.92. The number of hydrogen-bond acceptors (Lipinski definition) is 4. The van der Waals surface area contributed by atoms with Crippen molar-refractivity contribution >= 4 is 10.0 Å². The van der Waals surface area contributed by atoms with E-state index in [2.05, 4.69) is 5.10 Å². The van der Waals surface area contributed by atoms with E-state index in [4.69, 9.17) is 4.74 Å². The first-order valence-electron chi connectivity index (χ1n) is 6.61. The molecule has 1 aliphatic heterocycles. The Morgan fingerprint density at radius 1 is 1.35 bits per heavy atom. The van der Waals surface area contributed by atoms with Gasteiger partial charge in [0.25, 0.3) is 0 Å². The fourth-order valence-corrected chi connectivity index (χ4v) is 4.34. The maximum atomic E-state index is 12.9. The van der Waals surface area contributed by atoms with E-state index in [9.17, 15) is 8.42 Å². The molecule has 0 spiro atoms. The predicted octanol–water partition coefficient (Wildman–Crippen LogP) is 1.47. The summed E-state index contributed by atoms with van der Waals surface area (Å²) < 4.78 is 34.1. The molecule has 0 amide bonds. The zero-order valence-electron chi connectivity index (χ0n) is 13.0. The minimum absolute atomic E-state index is 0.0911. The van der Waals surface area contributed by atoms with Crippen LogP contribution in [0.15, 0.2) is 11.1 Å². The van der Waals surface area contributed by atoms with Crippen LogP contribution in [0.1, 0.15) is 40.3 Å². The van der Waals surface area contributed by atoms with Gasteiger partial charge in [-0.25, -0.2) is 8.42 Å². The maximum Gasteiger partial charge on any atom is 0.249 e. The molecule has 7 heteroatoms. The predicted molar refractivity (Wildman–Crippen MR) is 75.8 cm³/mol. The average molecular weight is 301 g/mol. The van der Waals surface area contributed by atoms with Crippen molar-refractivity contribution in [3.8, 4) is 0 Å². The molecule has 1 saturated heterocycles. The van der Waals surface area contributed by atoms with Gasteiger partial charge in [0, 0.05) is 18.7 Å². The third kappa shape index (κ3) is 2.49. The number of rotatable bonds is 2. The molecule has 114 valence electrons. The first-order valence-corrected chi connectivity index (χ1v) is 8.05. The van der Waals surface area contributed by atoms with Crippen LogP contribution < -0.4 is 0 Å². The molecule has 1 fully saturated rings. The van der Waals surface area contributed by atoms with Crippen LogP contribution in [0.4, 0.5) is 0 Å². The van der Waals surface area contributed by atoms with Crippen LogP contribution in [0.25, 0.3) is 0 Å². The van der Waals surface area contributed by atoms with E-state index in [1.165, 1.54) is 4.31 Å². The van der Waals surface area contributed by atoms with Gasteiger partial charge in [0.15, 0.2) is 0 Å². The van der Waals surface area contributed by atoms with Crippen LogP contribution in [0, 0.1) is 0 Å². The Labute approximate surface area is 120 Å². The van der Waals surface area contributed by atoms with Crippen LogP contribution in [-0.2, 0) is 27.2 Å². The number of sulfonamides is 1. The van der Waals surface area contributed by atoms with Gasteiger partial charge in [-0.2, -0.15) is 9.40 Å². The molecular formula is C13H23N3O3S. The van der Waals surface area contributed by atoms with Crippen molar-refractivity contribution in [1.82, 2.24) is 14.1 Å². The van der Waals surface area contributed by atoms with E-state index in [1.54, 1.807) is 17.9 Å². The van der Waals surface area contributed by atoms with Crippen LogP contribution in [0.2, 0.25) is 0 Å². The van der Waals surface area contributed by atoms with Crippen molar-refractivity contribution < 1.29 is 13.2 Å². The lowest BCUT2D eigenvalue weighted by Crippen LogP contribution is -2.44. The summed E-state index contributed by atoms with van der Waals surface area (Å²) in [6.07, 6.45) is 1.57. The Morgan fingerprint density at radius 2 is 1.95 bits per heavy atom. The second-order valence-electron chi connectivity index (χ2n) is 6.91. The molecule has 0 bridgehead atoms. The highest BCUT2D eigenvalue weighted by Gasteiger charge is 2.44. The molecule has 0 N–H and O–H groups in total. The van der Waals surface area contributed by atoms with Crippen molar-refractivity contribution in [1.29, 1.82) is 0 Å². The Kier molecular flexibility index (Phi) is 3.51. The zero-order chi connectivity index (χ0) is 15.3.